The molecular weight excluding hydrogens is 536 g/mol. The van der Waals surface area contributed by atoms with E-state index in [-0.39, 0.29) is 50.7 Å². The number of nitrogens with two attached hydrogens (primary N) is 5. The second-order valence-corrected chi connectivity index (χ2v) is 9.38. The van der Waals surface area contributed by atoms with E-state index < -0.39 is 54.0 Å². The van der Waals surface area contributed by atoms with Crippen LogP contribution in [0.5, 0.6) is 0 Å². The first kappa shape index (κ1) is 34.6. The summed E-state index contributed by atoms with van der Waals surface area (Å²) in [5, 5.41) is 27.2. The van der Waals surface area contributed by atoms with E-state index in [1.165, 1.54) is 6.92 Å². The quantitative estimate of drug-likeness (QED) is 0.0464. The Kier molecular flexibility index (Phi) is 15.2. The van der Waals surface area contributed by atoms with Crippen molar-refractivity contribution in [3.05, 3.63) is 35.9 Å². The highest BCUT2D eigenvalue weighted by atomic mass is 16.4. The summed E-state index contributed by atoms with van der Waals surface area (Å²) in [5.74, 6) is -3.88. The first-order valence-electron chi connectivity index (χ1n) is 13.0. The molecule has 15 N–H and O–H groups in total. The predicted octanol–water partition coefficient (Wildman–Crippen LogP) is -3.42. The van der Waals surface area contributed by atoms with Crippen LogP contribution in [0.25, 0.3) is 0 Å². The summed E-state index contributed by atoms with van der Waals surface area (Å²) in [7, 11) is 0. The zero-order chi connectivity index (χ0) is 30.9. The van der Waals surface area contributed by atoms with Crippen molar-refractivity contribution in [2.24, 2.45) is 38.7 Å². The molecule has 1 rings (SSSR count). The topological polar surface area (TPSA) is 300 Å². The standard InChI is InChI=1S/C25H42N10O6/c1-14(36)19(22(39)34-18(23(40)41)13-15-7-3-2-4-8-15)35-21(38)17(10-6-12-32-25(29)30)33-20(37)16(26)9-5-11-31-24(27)28/h2-4,7-8,14,16-19,36H,5-6,9-13,26H2,1H3,(H,33,37)(H,34,39)(H,35,38)(H,40,41)(H4,27,28,31)(H4,29,30,32). The third kappa shape index (κ3) is 14.0. The highest BCUT2D eigenvalue weighted by Gasteiger charge is 2.32. The Morgan fingerprint density at radius 3 is 1.85 bits per heavy atom. The minimum Gasteiger partial charge on any atom is -0.480 e. The lowest BCUT2D eigenvalue weighted by Gasteiger charge is -2.26. The zero-order valence-corrected chi connectivity index (χ0v) is 23.0. The fourth-order valence-electron chi connectivity index (χ4n) is 3.67. The molecule has 0 radical (unpaired) electrons. The summed E-state index contributed by atoms with van der Waals surface area (Å²) < 4.78 is 0. The number of hydrogen-bond donors (Lipinski definition) is 10. The van der Waals surface area contributed by atoms with Gasteiger partial charge in [-0.2, -0.15) is 0 Å². The number of aliphatic hydroxyl groups is 1. The van der Waals surface area contributed by atoms with Crippen molar-refractivity contribution < 1.29 is 29.4 Å². The Balaban J connectivity index is 2.96. The van der Waals surface area contributed by atoms with Crippen molar-refractivity contribution in [3.63, 3.8) is 0 Å². The van der Waals surface area contributed by atoms with Crippen molar-refractivity contribution >= 4 is 35.6 Å². The van der Waals surface area contributed by atoms with Gasteiger partial charge in [0.05, 0.1) is 12.1 Å². The van der Waals surface area contributed by atoms with Crippen molar-refractivity contribution in [2.75, 3.05) is 13.1 Å². The van der Waals surface area contributed by atoms with Gasteiger partial charge in [-0.25, -0.2) is 4.79 Å². The van der Waals surface area contributed by atoms with E-state index in [4.69, 9.17) is 28.7 Å². The van der Waals surface area contributed by atoms with Crippen molar-refractivity contribution in [3.8, 4) is 0 Å². The second-order valence-electron chi connectivity index (χ2n) is 9.38. The number of aliphatic imine (C=N–C) groups is 2. The molecule has 1 aromatic carbocycles. The number of carbonyl (C=O) groups excluding carboxylic acids is 3. The maximum atomic E-state index is 13.2. The molecule has 16 heteroatoms. The van der Waals surface area contributed by atoms with Crippen molar-refractivity contribution in [2.45, 2.75) is 69.3 Å². The molecule has 0 aromatic heterocycles. The summed E-state index contributed by atoms with van der Waals surface area (Å²) in [6.45, 7) is 1.68. The molecule has 41 heavy (non-hydrogen) atoms. The molecule has 3 amide bonds. The number of carboxylic acid groups (broad SMARTS) is 1. The molecule has 228 valence electrons. The smallest absolute Gasteiger partial charge is 0.326 e. The number of guanidine groups is 2. The fraction of sp³-hybridized carbons (Fsp3) is 0.520. The molecule has 0 aliphatic carbocycles. The first-order valence-corrected chi connectivity index (χ1v) is 13.0. The molecule has 0 fully saturated rings. The van der Waals surface area contributed by atoms with Crippen molar-refractivity contribution in [1.82, 2.24) is 16.0 Å². The van der Waals surface area contributed by atoms with E-state index in [2.05, 4.69) is 25.9 Å². The molecule has 16 nitrogen and oxygen atoms in total. The van der Waals surface area contributed by atoms with Gasteiger partial charge in [-0.3, -0.25) is 24.4 Å². The maximum absolute atomic E-state index is 13.2. The lowest BCUT2D eigenvalue weighted by Crippen LogP contribution is -2.60. The van der Waals surface area contributed by atoms with Crippen molar-refractivity contribution in [1.29, 1.82) is 0 Å². The van der Waals surface area contributed by atoms with Crippen LogP contribution in [0.15, 0.2) is 40.3 Å². The SMILES string of the molecule is CC(O)C(NC(=O)C(CCCN=C(N)N)NC(=O)C(N)CCCN=C(N)N)C(=O)NC(Cc1ccccc1)C(=O)O. The minimum absolute atomic E-state index is 0.0209. The molecule has 0 aliphatic heterocycles. The lowest BCUT2D eigenvalue weighted by molar-refractivity contribution is -0.143. The van der Waals surface area contributed by atoms with E-state index in [1.807, 2.05) is 0 Å². The number of carboxylic acids is 1. The number of benzene rings is 1. The zero-order valence-electron chi connectivity index (χ0n) is 23.0. The Hall–Kier alpha value is -4.44. The van der Waals surface area contributed by atoms with Gasteiger partial charge in [-0.15, -0.1) is 0 Å². The van der Waals surface area contributed by atoms with Crippen LogP contribution in [0.4, 0.5) is 0 Å². The highest BCUT2D eigenvalue weighted by Crippen LogP contribution is 2.07. The van der Waals surface area contributed by atoms with Crippen LogP contribution in [-0.2, 0) is 25.6 Å². The summed E-state index contributed by atoms with van der Waals surface area (Å²) in [6, 6.07) is 3.63. The number of aliphatic carboxylic acids is 1. The molecule has 0 saturated carbocycles. The van der Waals surface area contributed by atoms with Crippen LogP contribution in [0.2, 0.25) is 0 Å². The van der Waals surface area contributed by atoms with Crippen LogP contribution in [-0.4, -0.2) is 89.2 Å². The minimum atomic E-state index is -1.52. The third-order valence-corrected chi connectivity index (χ3v) is 5.84. The number of amides is 3. The molecule has 1 aromatic rings. The Morgan fingerprint density at radius 2 is 1.34 bits per heavy atom. The third-order valence-electron chi connectivity index (χ3n) is 5.84. The van der Waals surface area contributed by atoms with Crippen LogP contribution in [0, 0.1) is 0 Å². The number of carbonyl (C=O) groups is 4. The molecule has 5 atom stereocenters. The Morgan fingerprint density at radius 1 is 0.805 bits per heavy atom. The van der Waals surface area contributed by atoms with Gasteiger partial charge in [0.1, 0.15) is 18.1 Å². The maximum Gasteiger partial charge on any atom is 0.326 e. The van der Waals surface area contributed by atoms with Gasteiger partial charge >= 0.3 is 5.97 Å². The van der Waals surface area contributed by atoms with E-state index in [1.54, 1.807) is 30.3 Å². The predicted molar refractivity (Wildman–Crippen MR) is 153 cm³/mol. The number of rotatable bonds is 18. The average molecular weight is 579 g/mol. The molecular formula is C25H42N10O6. The summed E-state index contributed by atoms with van der Waals surface area (Å²) in [5.41, 5.74) is 27.8. The van der Waals surface area contributed by atoms with Gasteiger partial charge in [0.25, 0.3) is 0 Å². The van der Waals surface area contributed by atoms with Crippen LogP contribution >= 0.6 is 0 Å². The monoisotopic (exact) mass is 578 g/mol. The second kappa shape index (κ2) is 18.0. The van der Waals surface area contributed by atoms with Crippen LogP contribution in [0.1, 0.15) is 38.2 Å². The van der Waals surface area contributed by atoms with Gasteiger partial charge in [0.15, 0.2) is 11.9 Å². The van der Waals surface area contributed by atoms with Gasteiger partial charge in [0, 0.05) is 19.5 Å². The molecule has 0 spiro atoms. The Labute approximate surface area is 238 Å². The van der Waals surface area contributed by atoms with Gasteiger partial charge in [-0.05, 0) is 38.2 Å². The summed E-state index contributed by atoms with van der Waals surface area (Å²) in [6.07, 6.45) is -0.448. The van der Waals surface area contributed by atoms with E-state index in [9.17, 15) is 29.4 Å². The van der Waals surface area contributed by atoms with Crippen LogP contribution < -0.4 is 44.6 Å². The highest BCUT2D eigenvalue weighted by molar-refractivity contribution is 5.94. The lowest BCUT2D eigenvalue weighted by atomic mass is 10.0. The molecule has 0 saturated heterocycles. The average Bonchev–Trinajstić information content (AvgIpc) is 2.90. The summed E-state index contributed by atoms with van der Waals surface area (Å²) >= 11 is 0. The van der Waals surface area contributed by atoms with Gasteiger partial charge in [0.2, 0.25) is 17.7 Å². The number of nitrogens with zero attached hydrogens (tertiary/aromatic N) is 2. The fourth-order valence-corrected chi connectivity index (χ4v) is 3.67. The number of hydrogen-bond acceptors (Lipinski definition) is 8. The largest absolute Gasteiger partial charge is 0.480 e. The number of aliphatic hydroxyl groups excluding tert-OH is 1. The van der Waals surface area contributed by atoms with Crippen LogP contribution in [0.3, 0.4) is 0 Å². The van der Waals surface area contributed by atoms with E-state index in [0.29, 0.717) is 12.0 Å². The van der Waals surface area contributed by atoms with Gasteiger partial charge < -0.3 is 54.8 Å². The first-order chi connectivity index (χ1) is 19.3. The molecule has 0 heterocycles. The normalized spacial score (nSPS) is 14.3. The summed E-state index contributed by atoms with van der Waals surface area (Å²) in [4.78, 5) is 58.3. The molecule has 0 bridgehead atoms. The Bertz CT molecular complexity index is 1060. The number of nitrogens with one attached hydrogen (secondary N) is 3. The molecule has 0 aliphatic rings. The molecule has 5 unspecified atom stereocenters. The van der Waals surface area contributed by atoms with E-state index >= 15 is 0 Å². The van der Waals surface area contributed by atoms with E-state index in [0.717, 1.165) is 0 Å². The van der Waals surface area contributed by atoms with Gasteiger partial charge in [-0.1, -0.05) is 30.3 Å².